The molecule has 28 heteroatoms. The molecule has 0 bridgehead atoms. The number of nitrogens with zero attached hydrogens (tertiary/aromatic N) is 1. The summed E-state index contributed by atoms with van der Waals surface area (Å²) in [4.78, 5) is 10.3. The van der Waals surface area contributed by atoms with Crippen LogP contribution < -0.4 is 0 Å². The Bertz CT molecular complexity index is 1070. The van der Waals surface area contributed by atoms with Crippen molar-refractivity contribution in [1.29, 1.82) is 0 Å². The summed E-state index contributed by atoms with van der Waals surface area (Å²) < 4.78 is 307. The van der Waals surface area contributed by atoms with Crippen LogP contribution in [0.5, 0.6) is 0 Å². The zero-order valence-electron chi connectivity index (χ0n) is 17.0. The summed E-state index contributed by atoms with van der Waals surface area (Å²) in [5.41, 5.74) is 0. The summed E-state index contributed by atoms with van der Waals surface area (Å²) in [5.74, 6) is -58.3. The summed E-state index contributed by atoms with van der Waals surface area (Å²) in [7, 11) is -9.24. The van der Waals surface area contributed by atoms with Crippen molar-refractivity contribution in [2.24, 2.45) is 0 Å². The first kappa shape index (κ1) is 37.8. The third kappa shape index (κ3) is 4.84. The summed E-state index contributed by atoms with van der Waals surface area (Å²) in [6.07, 6.45) is -15.8. The molecule has 0 aromatic heterocycles. The Morgan fingerprint density at radius 3 is 1.02 bits per heavy atom. The van der Waals surface area contributed by atoms with Crippen molar-refractivity contribution >= 4 is 16.0 Å². The molecule has 0 aliphatic carbocycles. The van der Waals surface area contributed by atoms with Gasteiger partial charge in [-0.2, -0.15) is 96.6 Å². The number of carboxylic acids is 1. The predicted molar refractivity (Wildman–Crippen MR) is 74.9 cm³/mol. The lowest BCUT2D eigenvalue weighted by Crippen LogP contribution is -2.75. The maximum Gasteiger partial charge on any atom is 0.470 e. The molecule has 0 aromatic rings. The lowest BCUT2D eigenvalue weighted by atomic mass is 9.91. The van der Waals surface area contributed by atoms with E-state index in [0.29, 0.717) is 0 Å². The lowest BCUT2D eigenvalue weighted by molar-refractivity contribution is -0.458. The first-order valence-corrected chi connectivity index (χ1v) is 9.64. The molecule has 0 radical (unpaired) electrons. The number of rotatable bonds is 11. The van der Waals surface area contributed by atoms with Crippen molar-refractivity contribution in [3.8, 4) is 0 Å². The molecule has 1 N–H and O–H groups in total. The van der Waals surface area contributed by atoms with E-state index in [1.165, 1.54) is 0 Å². The van der Waals surface area contributed by atoms with Crippen LogP contribution in [0.2, 0.25) is 0 Å². The molecular formula is C12H3F22NO4S. The van der Waals surface area contributed by atoms with Crippen LogP contribution in [0.1, 0.15) is 0 Å². The smallest absolute Gasteiger partial charge is 0.470 e. The van der Waals surface area contributed by atoms with Crippen molar-refractivity contribution in [2.75, 3.05) is 6.54 Å². The quantitative estimate of drug-likeness (QED) is 0.221. The highest BCUT2D eigenvalue weighted by Crippen LogP contribution is 2.64. The van der Waals surface area contributed by atoms with Crippen LogP contribution >= 0.6 is 0 Å². The maximum atomic E-state index is 13.9. The van der Waals surface area contributed by atoms with Crippen LogP contribution in [-0.2, 0) is 14.8 Å². The van der Waals surface area contributed by atoms with Gasteiger partial charge in [0.25, 0.3) is 10.0 Å². The number of aliphatic carboxylic acids is 1. The highest BCUT2D eigenvalue weighted by molar-refractivity contribution is 7.90. The average molecular weight is 675 g/mol. The van der Waals surface area contributed by atoms with Gasteiger partial charge in [0, 0.05) is 0 Å². The topological polar surface area (TPSA) is 74.7 Å². The Kier molecular flexibility index (Phi) is 8.92. The molecule has 0 fully saturated rings. The molecule has 40 heavy (non-hydrogen) atoms. The van der Waals surface area contributed by atoms with E-state index in [4.69, 9.17) is 5.11 Å². The van der Waals surface area contributed by atoms with Crippen LogP contribution in [0.25, 0.3) is 0 Å². The fourth-order valence-electron chi connectivity index (χ4n) is 2.05. The summed E-state index contributed by atoms with van der Waals surface area (Å²) in [6.45, 7) is -3.78. The number of sulfonamides is 1. The Hall–Kier alpha value is -2.16. The van der Waals surface area contributed by atoms with Gasteiger partial charge < -0.3 is 5.11 Å². The fraction of sp³-hybridized carbons (Fsp3) is 0.917. The van der Waals surface area contributed by atoms with Crippen LogP contribution in [0.4, 0.5) is 96.6 Å². The van der Waals surface area contributed by atoms with Crippen LogP contribution in [0.15, 0.2) is 0 Å². The molecule has 5 nitrogen and oxygen atoms in total. The van der Waals surface area contributed by atoms with Crippen molar-refractivity contribution in [1.82, 2.24) is 4.31 Å². The molecule has 240 valence electrons. The fourth-order valence-corrected chi connectivity index (χ4v) is 3.46. The van der Waals surface area contributed by atoms with Crippen molar-refractivity contribution in [3.63, 3.8) is 0 Å². The standard InChI is InChI=1S/C12H3F22NO4S/c13-3(14,5(17,18)7(21,22)9(25,26)27)4(15,16)6(19,20)8(23,24)12(33,34)40(38,39)35(1-2(36)37)11(31,32)10(28,29)30/h1H2,(H,36,37). The largest absolute Gasteiger partial charge is 0.480 e. The second-order valence-corrected chi connectivity index (χ2v) is 8.81. The molecule has 0 aliphatic rings. The van der Waals surface area contributed by atoms with E-state index in [2.05, 4.69) is 0 Å². The molecule has 0 unspecified atom stereocenters. The summed E-state index contributed by atoms with van der Waals surface area (Å²) in [5, 5.41) is -0.705. The minimum atomic E-state index is -9.38. The molecular weight excluding hydrogens is 672 g/mol. The van der Waals surface area contributed by atoms with Crippen molar-refractivity contribution in [2.45, 2.75) is 59.2 Å². The first-order valence-electron chi connectivity index (χ1n) is 8.20. The van der Waals surface area contributed by atoms with Gasteiger partial charge >= 0.3 is 65.2 Å². The molecule has 0 heterocycles. The molecule has 0 rings (SSSR count). The molecule has 0 spiro atoms. The van der Waals surface area contributed by atoms with E-state index in [1.54, 1.807) is 0 Å². The first-order chi connectivity index (χ1) is 16.8. The Balaban J connectivity index is 7.44. The predicted octanol–water partition coefficient (Wildman–Crippen LogP) is 5.82. The third-order valence-electron chi connectivity index (χ3n) is 4.24. The normalized spacial score (nSPS) is 16.5. The van der Waals surface area contributed by atoms with Gasteiger partial charge in [0.1, 0.15) is 6.54 Å². The van der Waals surface area contributed by atoms with Crippen LogP contribution in [0.3, 0.4) is 0 Å². The lowest BCUT2D eigenvalue weighted by Gasteiger charge is -2.43. The molecule has 0 amide bonds. The minimum absolute atomic E-state index is 3.45. The molecule has 0 aliphatic heterocycles. The molecule has 0 atom stereocenters. The van der Waals surface area contributed by atoms with E-state index in [1.807, 2.05) is 0 Å². The number of alkyl halides is 22. The van der Waals surface area contributed by atoms with Crippen molar-refractivity contribution < 1.29 is 115 Å². The molecule has 0 aromatic carbocycles. The number of hydrogen-bond acceptors (Lipinski definition) is 3. The van der Waals surface area contributed by atoms with Gasteiger partial charge in [-0.1, -0.05) is 0 Å². The third-order valence-corrected chi connectivity index (χ3v) is 6.08. The summed E-state index contributed by atoms with van der Waals surface area (Å²) >= 11 is 0. The number of carboxylic acid groups (broad SMARTS) is 1. The Morgan fingerprint density at radius 2 is 0.775 bits per heavy atom. The van der Waals surface area contributed by atoms with Crippen molar-refractivity contribution in [3.05, 3.63) is 0 Å². The molecule has 0 saturated heterocycles. The number of hydrogen-bond donors (Lipinski definition) is 1. The van der Waals surface area contributed by atoms with Gasteiger partial charge in [-0.15, -0.1) is 4.31 Å². The summed E-state index contributed by atoms with van der Waals surface area (Å²) in [6, 6.07) is -7.67. The van der Waals surface area contributed by atoms with Gasteiger partial charge in [-0.25, -0.2) is 8.42 Å². The van der Waals surface area contributed by atoms with E-state index in [0.717, 1.165) is 0 Å². The number of halogens is 22. The van der Waals surface area contributed by atoms with Crippen LogP contribution in [0, 0.1) is 0 Å². The highest BCUT2D eigenvalue weighted by atomic mass is 32.2. The van der Waals surface area contributed by atoms with E-state index >= 15 is 0 Å². The highest BCUT2D eigenvalue weighted by Gasteiger charge is 2.96. The Labute approximate surface area is 202 Å². The SMILES string of the molecule is O=C(O)CN(C(F)(F)C(F)(F)F)S(=O)(=O)C(F)(F)C(F)(F)C(F)(F)C(F)(F)C(F)(F)C(F)(F)C(F)(F)C(F)(F)F. The van der Waals surface area contributed by atoms with E-state index < -0.39 is 86.0 Å². The maximum absolute atomic E-state index is 13.9. The van der Waals surface area contributed by atoms with E-state index in [9.17, 15) is 110 Å². The monoisotopic (exact) mass is 675 g/mol. The zero-order valence-corrected chi connectivity index (χ0v) is 17.9. The van der Waals surface area contributed by atoms with Gasteiger partial charge in [0.2, 0.25) is 0 Å². The van der Waals surface area contributed by atoms with E-state index in [-0.39, 0.29) is 0 Å². The molecule has 0 saturated carbocycles. The van der Waals surface area contributed by atoms with Gasteiger partial charge in [0.15, 0.2) is 0 Å². The second kappa shape index (κ2) is 9.43. The second-order valence-electron chi connectivity index (χ2n) is 6.91. The van der Waals surface area contributed by atoms with Gasteiger partial charge in [0.05, 0.1) is 0 Å². The average Bonchev–Trinajstić information content (AvgIpc) is 2.68. The number of carbonyl (C=O) groups is 1. The van der Waals surface area contributed by atoms with Gasteiger partial charge in [-0.05, 0) is 0 Å². The van der Waals surface area contributed by atoms with Gasteiger partial charge in [-0.3, -0.25) is 4.79 Å². The minimum Gasteiger partial charge on any atom is -0.480 e. The van der Waals surface area contributed by atoms with Crippen LogP contribution in [-0.4, -0.2) is 89.5 Å². The zero-order chi connectivity index (χ0) is 33.4. The Morgan fingerprint density at radius 1 is 0.500 bits per heavy atom.